The number of fused-ring (bicyclic) bond motifs is 7. The van der Waals surface area contributed by atoms with Crippen molar-refractivity contribution in [3.63, 3.8) is 0 Å². The van der Waals surface area contributed by atoms with Crippen LogP contribution in [0.4, 0.5) is 0 Å². The Morgan fingerprint density at radius 1 is 0.582 bits per heavy atom. The molecule has 0 spiro atoms. The van der Waals surface area contributed by atoms with E-state index in [-0.39, 0.29) is 88.5 Å². The molecule has 4 aromatic heterocycles. The Hall–Kier alpha value is -8.31. The summed E-state index contributed by atoms with van der Waals surface area (Å²) >= 11 is 0. The van der Waals surface area contributed by atoms with Gasteiger partial charge in [-0.2, -0.15) is 12.1 Å². The van der Waals surface area contributed by atoms with Crippen LogP contribution in [0.2, 0.25) is 0 Å². The van der Waals surface area contributed by atoms with E-state index < -0.39 is 66.5 Å². The smallest absolute Gasteiger partial charge is 0.268 e. The van der Waals surface area contributed by atoms with E-state index in [2.05, 4.69) is 92.0 Å². The van der Waals surface area contributed by atoms with Crippen LogP contribution in [0.25, 0.3) is 99.8 Å². The summed E-state index contributed by atoms with van der Waals surface area (Å²) in [6, 6.07) is 39.3. The fourth-order valence-electron chi connectivity index (χ4n) is 10.7. The first-order valence-corrected chi connectivity index (χ1v) is 26.1. The number of pyridine rings is 1. The van der Waals surface area contributed by atoms with Crippen molar-refractivity contribution in [2.45, 2.75) is 72.6 Å². The van der Waals surface area contributed by atoms with Crippen molar-refractivity contribution in [1.82, 2.24) is 18.7 Å². The van der Waals surface area contributed by atoms with Gasteiger partial charge in [-0.05, 0) is 109 Å². The zero-order chi connectivity index (χ0) is 64.8. The van der Waals surface area contributed by atoms with Gasteiger partial charge in [0.25, 0.3) is 6.33 Å². The number of benzene rings is 9. The van der Waals surface area contributed by atoms with Gasteiger partial charge in [-0.15, -0.1) is 24.3 Å². The van der Waals surface area contributed by atoms with Crippen LogP contribution >= 0.6 is 0 Å². The van der Waals surface area contributed by atoms with E-state index in [0.717, 1.165) is 34.2 Å². The van der Waals surface area contributed by atoms with Crippen molar-refractivity contribution >= 4 is 54.6 Å². The van der Waals surface area contributed by atoms with Crippen molar-refractivity contribution in [1.29, 1.82) is 0 Å². The average molecular weight is 1220 g/mol. The molecule has 392 valence electrons. The third-order valence-electron chi connectivity index (χ3n) is 14.4. The van der Waals surface area contributed by atoms with Gasteiger partial charge in [-0.25, -0.2) is 4.98 Å². The molecule has 0 radical (unpaired) electrons. The summed E-state index contributed by atoms with van der Waals surface area (Å²) < 4.78 is 132. The van der Waals surface area contributed by atoms with Crippen molar-refractivity contribution < 1.29 is 48.2 Å². The molecule has 9 aromatic carbocycles. The van der Waals surface area contributed by atoms with Crippen molar-refractivity contribution in [2.75, 3.05) is 0 Å². The van der Waals surface area contributed by atoms with E-state index >= 15 is 0 Å². The van der Waals surface area contributed by atoms with Gasteiger partial charge < -0.3 is 18.4 Å². The maximum atomic E-state index is 9.52. The van der Waals surface area contributed by atoms with E-state index in [0.29, 0.717) is 61.5 Å². The Morgan fingerprint density at radius 2 is 1.22 bits per heavy atom. The molecule has 0 N–H and O–H groups in total. The third kappa shape index (κ3) is 9.26. The van der Waals surface area contributed by atoms with E-state index in [1.165, 1.54) is 4.57 Å². The normalized spacial score (nSPS) is 14.4. The Balaban J connectivity index is 0.00000816. The Labute approximate surface area is 495 Å². The molecule has 13 rings (SSSR count). The van der Waals surface area contributed by atoms with Gasteiger partial charge in [-0.3, -0.25) is 4.57 Å². The minimum absolute atomic E-state index is 0. The molecule has 0 aliphatic rings. The molecule has 0 saturated heterocycles. The van der Waals surface area contributed by atoms with Crippen molar-refractivity contribution in [3.8, 4) is 56.6 Å². The SMILES string of the molecule is [2H]c1c([2H])c([2H])c(-c2cccc(-c3cc(C(C)(C)C)cc(C(C)(C)C)c3)c2-[n+]2[c-]n(-c3[c-]c(Oc4[c-]c5c(c(-n6c7c([2H])c([2H])c([2H])c([2H])c7c7c([2H])c([2H])c([2H])c([2H])c76)c4)c4ccccc4n5-c4cc(CC(C)C)ccn4)ccc3)c3ccccc32)c([2H])c1[2H].[Pt]. The van der Waals surface area contributed by atoms with Crippen LogP contribution in [-0.2, 0) is 38.3 Å². The van der Waals surface area contributed by atoms with Crippen LogP contribution in [0.15, 0.2) is 206 Å². The summed E-state index contributed by atoms with van der Waals surface area (Å²) in [5.74, 6) is 1.19. The molecule has 0 unspecified atom stereocenters. The second-order valence-electron chi connectivity index (χ2n) is 22.3. The second-order valence-corrected chi connectivity index (χ2v) is 22.3. The van der Waals surface area contributed by atoms with E-state index in [1.807, 2.05) is 92.6 Å². The summed E-state index contributed by atoms with van der Waals surface area (Å²) in [5.41, 5.74) is 8.27. The first kappa shape index (κ1) is 38.3. The minimum Gasteiger partial charge on any atom is -0.510 e. The fraction of sp³-hybridized carbons (Fsp3) is 0.167. The summed E-state index contributed by atoms with van der Waals surface area (Å²) in [6.45, 7) is 17.3. The van der Waals surface area contributed by atoms with Crippen LogP contribution < -0.4 is 9.30 Å². The Kier molecular flexibility index (Phi) is 9.77. The van der Waals surface area contributed by atoms with Crippen LogP contribution in [0, 0.1) is 24.4 Å². The molecule has 0 aliphatic carbocycles. The second kappa shape index (κ2) is 20.2. The minimum atomic E-state index is -0.559. The number of imidazole rings is 1. The van der Waals surface area contributed by atoms with Crippen LogP contribution in [0.1, 0.15) is 89.9 Å². The molecule has 0 aliphatic heterocycles. The van der Waals surface area contributed by atoms with Crippen molar-refractivity contribution in [3.05, 3.63) is 241 Å². The fourth-order valence-corrected chi connectivity index (χ4v) is 10.7. The summed E-state index contributed by atoms with van der Waals surface area (Å²) in [4.78, 5) is 4.91. The summed E-state index contributed by atoms with van der Waals surface area (Å²) in [6.07, 6.45) is 6.15. The zero-order valence-electron chi connectivity index (χ0n) is 57.9. The number of ether oxygens (including phenoxy) is 1. The first-order valence-electron chi connectivity index (χ1n) is 32.6. The number of para-hydroxylation sites is 6. The van der Waals surface area contributed by atoms with Crippen LogP contribution in [-0.4, -0.2) is 18.7 Å². The average Bonchev–Trinajstić information content (AvgIpc) is 1.53. The van der Waals surface area contributed by atoms with Gasteiger partial charge in [0.1, 0.15) is 5.82 Å². The molecule has 0 amide bonds. The molecule has 6 nitrogen and oxygen atoms in total. The molecule has 79 heavy (non-hydrogen) atoms. The zero-order valence-corrected chi connectivity index (χ0v) is 47.1. The molecule has 13 aromatic rings. The molecular formula is C72H61N5OPt-2. The summed E-state index contributed by atoms with van der Waals surface area (Å²) in [7, 11) is 0. The Morgan fingerprint density at radius 3 is 1.91 bits per heavy atom. The molecule has 0 bridgehead atoms. The number of hydrogen-bond donors (Lipinski definition) is 0. The molecular weight excluding hydrogens is 1150 g/mol. The predicted molar refractivity (Wildman–Crippen MR) is 321 cm³/mol. The van der Waals surface area contributed by atoms with E-state index in [4.69, 9.17) is 19.3 Å². The van der Waals surface area contributed by atoms with Gasteiger partial charge in [0.2, 0.25) is 0 Å². The molecule has 7 heteroatoms. The van der Waals surface area contributed by atoms with Gasteiger partial charge in [0.15, 0.2) is 0 Å². The predicted octanol–water partition coefficient (Wildman–Crippen LogP) is 17.8. The maximum absolute atomic E-state index is 9.52. The van der Waals surface area contributed by atoms with Gasteiger partial charge >= 0.3 is 0 Å². The van der Waals surface area contributed by atoms with Crippen LogP contribution in [0.5, 0.6) is 11.5 Å². The van der Waals surface area contributed by atoms with Crippen molar-refractivity contribution in [2.24, 2.45) is 5.92 Å². The number of nitrogens with zero attached hydrogens (tertiary/aromatic N) is 5. The Bertz CT molecular complexity index is 5110. The van der Waals surface area contributed by atoms with Gasteiger partial charge in [0.05, 0.1) is 45.6 Å². The standard InChI is InChI=1S/C72H61N5O.Pt/c1-47(2)38-48-36-37-73-68(39-48)77-63-33-17-14-28-60(63)69-66(76-61-31-15-12-26-58(61)59-27-13-16-32-62(59)76)44-55(45-67(69)77)78-54-25-20-24-53(43-54)74-46-75(65-35-19-18-34-64(65)74)70-56(49-22-10-9-11-23-49)29-21-30-57(70)50-40-51(71(3,4)5)42-52(41-50)72(6,7)8;/h9-37,39-42,44,47H,38H2,1-8H3;/q-2;/i9D,10D,11D,12D,13D,15D,16D,22D,23D,26D,27D,31D,32D;. The molecule has 0 fully saturated rings. The largest absolute Gasteiger partial charge is 0.510 e. The maximum Gasteiger partial charge on any atom is 0.268 e. The molecule has 4 heterocycles. The topological polar surface area (TPSA) is 40.8 Å². The van der Waals surface area contributed by atoms with Crippen LogP contribution in [0.3, 0.4) is 0 Å². The number of aromatic nitrogens is 5. The van der Waals surface area contributed by atoms with Gasteiger partial charge in [0, 0.05) is 55.1 Å². The number of hydrogen-bond acceptors (Lipinski definition) is 2. The van der Waals surface area contributed by atoms with Gasteiger partial charge in [-0.1, -0.05) is 212 Å². The number of rotatable bonds is 10. The molecule has 0 saturated carbocycles. The monoisotopic (exact) mass is 1220 g/mol. The van der Waals surface area contributed by atoms with E-state index in [9.17, 15) is 8.22 Å². The summed E-state index contributed by atoms with van der Waals surface area (Å²) in [5, 5.41) is 1.06. The van der Waals surface area contributed by atoms with E-state index in [1.54, 1.807) is 30.5 Å². The quantitative estimate of drug-likeness (QED) is 0.101. The molecule has 0 atom stereocenters. The first-order chi connectivity index (χ1) is 43.2. The third-order valence-corrected chi connectivity index (χ3v) is 14.4.